The fraction of sp³-hybridized carbons (Fsp3) is 0.897. The Morgan fingerprint density at radius 3 is 0.937 bits per heavy atom. The number of esters is 2. The summed E-state index contributed by atoms with van der Waals surface area (Å²) in [5.41, 5.74) is 0. The Morgan fingerprint density at radius 2 is 0.635 bits per heavy atom. The average molecular weight is 888 g/mol. The highest BCUT2D eigenvalue weighted by atomic mass is 16.6. The van der Waals surface area contributed by atoms with E-state index < -0.39 is 6.10 Å². The maximum atomic E-state index is 12.3. The lowest BCUT2D eigenvalue weighted by Crippen LogP contribution is -2.28. The summed E-state index contributed by atoms with van der Waals surface area (Å²) in [5.74, 6) is -0.577. The van der Waals surface area contributed by atoms with Gasteiger partial charge in [0.1, 0.15) is 6.61 Å². The number of aliphatic hydroxyl groups is 1. The maximum absolute atomic E-state index is 12.3. The normalized spacial score (nSPS) is 12.2. The first kappa shape index (κ1) is 61.4. The number of unbranched alkanes of at least 4 members (excludes halogenated alkanes) is 41. The molecule has 0 radical (unpaired) electrons. The van der Waals surface area contributed by atoms with Crippen LogP contribution < -0.4 is 0 Å². The van der Waals surface area contributed by atoms with Gasteiger partial charge in [-0.1, -0.05) is 282 Å². The van der Waals surface area contributed by atoms with Crippen molar-refractivity contribution in [3.8, 4) is 0 Å². The van der Waals surface area contributed by atoms with Crippen LogP contribution in [0.15, 0.2) is 24.3 Å². The highest BCUT2D eigenvalue weighted by Crippen LogP contribution is 2.17. The standard InChI is InChI=1S/C58H110O5/c1-3-5-7-9-11-13-15-17-19-21-23-25-26-27-28-29-30-31-33-34-36-38-40-42-44-46-48-50-52-57(60)62-55-56(54-59)63-58(61)53-51-49-47-45-43-41-39-37-35-32-24-22-20-18-16-14-12-10-8-6-4-2/h16,18,22,24,56,59H,3-15,17,19-21,23,25-55H2,1-2H3/b18-16-,24-22-. The quantitative estimate of drug-likeness (QED) is 0.0374. The second-order valence-electron chi connectivity index (χ2n) is 19.4. The lowest BCUT2D eigenvalue weighted by Gasteiger charge is -2.15. The smallest absolute Gasteiger partial charge is 0.306 e. The summed E-state index contributed by atoms with van der Waals surface area (Å²) in [6.45, 7) is 4.18. The van der Waals surface area contributed by atoms with Crippen LogP contribution in [-0.4, -0.2) is 36.4 Å². The highest BCUT2D eigenvalue weighted by molar-refractivity contribution is 5.70. The van der Waals surface area contributed by atoms with Crippen LogP contribution in [0.25, 0.3) is 0 Å². The second-order valence-corrected chi connectivity index (χ2v) is 19.4. The van der Waals surface area contributed by atoms with Crippen molar-refractivity contribution in [3.63, 3.8) is 0 Å². The van der Waals surface area contributed by atoms with Crippen molar-refractivity contribution in [2.45, 2.75) is 322 Å². The molecule has 0 aliphatic rings. The van der Waals surface area contributed by atoms with E-state index in [-0.39, 0.29) is 25.2 Å². The monoisotopic (exact) mass is 887 g/mol. The van der Waals surface area contributed by atoms with E-state index in [1.165, 1.54) is 250 Å². The summed E-state index contributed by atoms with van der Waals surface area (Å²) in [4.78, 5) is 24.5. The molecule has 0 aromatic rings. The first-order chi connectivity index (χ1) is 31.1. The van der Waals surface area contributed by atoms with Crippen LogP contribution in [0, 0.1) is 0 Å². The van der Waals surface area contributed by atoms with Crippen LogP contribution in [0.5, 0.6) is 0 Å². The van der Waals surface area contributed by atoms with Crippen molar-refractivity contribution in [3.05, 3.63) is 24.3 Å². The molecule has 0 bridgehead atoms. The van der Waals surface area contributed by atoms with Gasteiger partial charge in [0, 0.05) is 12.8 Å². The van der Waals surface area contributed by atoms with Gasteiger partial charge in [-0.3, -0.25) is 9.59 Å². The molecule has 0 spiro atoms. The SMILES string of the molecule is CCCCCCC/C=C\C/C=C\CCCCCCCCCCCC(=O)OC(CO)COC(=O)CCCCCCCCCCCCCCCCCCCCCCCCCCCCCC. The van der Waals surface area contributed by atoms with Crippen LogP contribution in [0.4, 0.5) is 0 Å². The number of allylic oxidation sites excluding steroid dienone is 4. The Balaban J connectivity index is 3.42. The first-order valence-corrected chi connectivity index (χ1v) is 28.4. The Morgan fingerprint density at radius 1 is 0.365 bits per heavy atom. The van der Waals surface area contributed by atoms with Crippen molar-refractivity contribution in [2.75, 3.05) is 13.2 Å². The number of aliphatic hydroxyl groups excluding tert-OH is 1. The summed E-state index contributed by atoms with van der Waals surface area (Å²) in [6.07, 6.45) is 68.7. The van der Waals surface area contributed by atoms with E-state index in [0.717, 1.165) is 38.5 Å². The van der Waals surface area contributed by atoms with E-state index in [9.17, 15) is 14.7 Å². The van der Waals surface area contributed by atoms with Crippen LogP contribution in [0.1, 0.15) is 316 Å². The van der Waals surface area contributed by atoms with Gasteiger partial charge in [0.25, 0.3) is 0 Å². The Labute approximate surface area is 394 Å². The first-order valence-electron chi connectivity index (χ1n) is 28.4. The van der Waals surface area contributed by atoms with E-state index in [4.69, 9.17) is 9.47 Å². The molecule has 0 saturated heterocycles. The van der Waals surface area contributed by atoms with Gasteiger partial charge < -0.3 is 14.6 Å². The number of carbonyl (C=O) groups excluding carboxylic acids is 2. The van der Waals surface area contributed by atoms with Crippen molar-refractivity contribution < 1.29 is 24.2 Å². The van der Waals surface area contributed by atoms with Gasteiger partial charge in [0.05, 0.1) is 6.61 Å². The van der Waals surface area contributed by atoms with E-state index in [1.54, 1.807) is 0 Å². The fourth-order valence-electron chi connectivity index (χ4n) is 8.71. The summed E-state index contributed by atoms with van der Waals surface area (Å²) in [6, 6.07) is 0. The molecule has 1 N–H and O–H groups in total. The summed E-state index contributed by atoms with van der Waals surface area (Å²) < 4.78 is 10.7. The summed E-state index contributed by atoms with van der Waals surface area (Å²) in [7, 11) is 0. The van der Waals surface area contributed by atoms with Crippen molar-refractivity contribution in [1.82, 2.24) is 0 Å². The Hall–Kier alpha value is -1.62. The largest absolute Gasteiger partial charge is 0.462 e. The number of ether oxygens (including phenoxy) is 2. The molecule has 1 unspecified atom stereocenters. The number of carbonyl (C=O) groups is 2. The van der Waals surface area contributed by atoms with Gasteiger partial charge in [-0.2, -0.15) is 0 Å². The number of hydrogen-bond donors (Lipinski definition) is 1. The molecule has 5 nitrogen and oxygen atoms in total. The third-order valence-electron chi connectivity index (χ3n) is 13.0. The van der Waals surface area contributed by atoms with E-state index in [1.807, 2.05) is 0 Å². The molecule has 63 heavy (non-hydrogen) atoms. The van der Waals surface area contributed by atoms with Gasteiger partial charge in [-0.25, -0.2) is 0 Å². The zero-order chi connectivity index (χ0) is 45.6. The van der Waals surface area contributed by atoms with Crippen LogP contribution in [-0.2, 0) is 19.1 Å². The van der Waals surface area contributed by atoms with Crippen LogP contribution >= 0.6 is 0 Å². The molecule has 0 aromatic heterocycles. The molecular weight excluding hydrogens is 777 g/mol. The van der Waals surface area contributed by atoms with Gasteiger partial charge >= 0.3 is 11.9 Å². The maximum Gasteiger partial charge on any atom is 0.306 e. The zero-order valence-electron chi connectivity index (χ0n) is 42.6. The average Bonchev–Trinajstić information content (AvgIpc) is 3.29. The van der Waals surface area contributed by atoms with Gasteiger partial charge in [-0.15, -0.1) is 0 Å². The third-order valence-corrected chi connectivity index (χ3v) is 13.0. The third kappa shape index (κ3) is 52.9. The Kier molecular flexibility index (Phi) is 53.3. The molecule has 5 heteroatoms. The highest BCUT2D eigenvalue weighted by Gasteiger charge is 2.16. The predicted molar refractivity (Wildman–Crippen MR) is 275 cm³/mol. The summed E-state index contributed by atoms with van der Waals surface area (Å²) in [5, 5.41) is 9.65. The molecule has 0 rings (SSSR count). The molecule has 0 amide bonds. The van der Waals surface area contributed by atoms with Crippen LogP contribution in [0.3, 0.4) is 0 Å². The molecule has 0 saturated carbocycles. The van der Waals surface area contributed by atoms with E-state index >= 15 is 0 Å². The molecule has 0 aromatic carbocycles. The topological polar surface area (TPSA) is 72.8 Å². The second kappa shape index (κ2) is 54.7. The van der Waals surface area contributed by atoms with Crippen LogP contribution in [0.2, 0.25) is 0 Å². The van der Waals surface area contributed by atoms with Gasteiger partial charge in [0.2, 0.25) is 0 Å². The molecule has 0 fully saturated rings. The predicted octanol–water partition coefficient (Wildman–Crippen LogP) is 18.9. The molecule has 1 atom stereocenters. The molecule has 372 valence electrons. The molecule has 0 aliphatic carbocycles. The van der Waals surface area contributed by atoms with Crippen molar-refractivity contribution >= 4 is 11.9 Å². The lowest BCUT2D eigenvalue weighted by atomic mass is 10.0. The van der Waals surface area contributed by atoms with Gasteiger partial charge in [0.15, 0.2) is 6.10 Å². The minimum absolute atomic E-state index is 0.0620. The van der Waals surface area contributed by atoms with E-state index in [2.05, 4.69) is 38.2 Å². The minimum Gasteiger partial charge on any atom is -0.462 e. The van der Waals surface area contributed by atoms with E-state index in [0.29, 0.717) is 12.8 Å². The zero-order valence-corrected chi connectivity index (χ0v) is 42.6. The van der Waals surface area contributed by atoms with Crippen molar-refractivity contribution in [2.24, 2.45) is 0 Å². The summed E-state index contributed by atoms with van der Waals surface area (Å²) >= 11 is 0. The lowest BCUT2D eigenvalue weighted by molar-refractivity contribution is -0.161. The molecular formula is C58H110O5. The molecule has 0 heterocycles. The number of hydrogen-bond acceptors (Lipinski definition) is 5. The van der Waals surface area contributed by atoms with Gasteiger partial charge in [-0.05, 0) is 44.9 Å². The molecule has 0 aliphatic heterocycles. The van der Waals surface area contributed by atoms with Crippen molar-refractivity contribution in [1.29, 1.82) is 0 Å². The Bertz CT molecular complexity index is 959. The number of rotatable bonds is 53. The fourth-order valence-corrected chi connectivity index (χ4v) is 8.71. The minimum atomic E-state index is -0.771.